The molecule has 0 bridgehead atoms. The number of ketones is 1. The first-order valence-corrected chi connectivity index (χ1v) is 12.6. The van der Waals surface area contributed by atoms with Crippen molar-refractivity contribution in [1.29, 1.82) is 0 Å². The van der Waals surface area contributed by atoms with Crippen LogP contribution in [0.15, 0.2) is 36.4 Å². The molecule has 7 heteroatoms. The van der Waals surface area contributed by atoms with Gasteiger partial charge in [0.25, 0.3) is 0 Å². The maximum absolute atomic E-state index is 14.1. The van der Waals surface area contributed by atoms with Gasteiger partial charge in [-0.1, -0.05) is 46.4 Å². The van der Waals surface area contributed by atoms with E-state index in [4.69, 9.17) is 55.9 Å². The summed E-state index contributed by atoms with van der Waals surface area (Å²) in [5, 5.41) is 2.34. The van der Waals surface area contributed by atoms with Gasteiger partial charge in [0.2, 0.25) is 0 Å². The number of hydrogen-bond acceptors (Lipinski definition) is 3. The number of ether oxygens (including phenoxy) is 2. The molecule has 172 valence electrons. The molecule has 0 amide bonds. The minimum atomic E-state index is -0.867. The lowest BCUT2D eigenvalue weighted by Gasteiger charge is -2.38. The first-order valence-electron chi connectivity index (χ1n) is 11.0. The summed E-state index contributed by atoms with van der Waals surface area (Å²) in [6, 6.07) is 10.6. The molecule has 4 rings (SSSR count). The first kappa shape index (κ1) is 24.3. The molecule has 0 aliphatic heterocycles. The Hall–Kier alpha value is -0.810. The standard InChI is InChI=1S/C25H26Cl4O3/c26-19-5-7-21(28)17(13-19)15-31-24(9-1-2-10-24)23(30)25(11-3-4-12-25)32-16-18-14-20(27)6-8-22(18)29/h5-8,13-14H,1-4,9-12,15-16H2. The molecule has 2 saturated carbocycles. The summed E-state index contributed by atoms with van der Waals surface area (Å²) in [6.45, 7) is 0.475. The third-order valence-corrected chi connectivity index (χ3v) is 7.88. The molecule has 0 aromatic heterocycles. The molecule has 0 heterocycles. The largest absolute Gasteiger partial charge is 0.362 e. The van der Waals surface area contributed by atoms with Gasteiger partial charge in [-0.05, 0) is 98.9 Å². The lowest BCUT2D eigenvalue weighted by atomic mass is 9.82. The fourth-order valence-corrected chi connectivity index (χ4v) is 5.65. The van der Waals surface area contributed by atoms with Crippen molar-refractivity contribution in [2.45, 2.75) is 75.8 Å². The Morgan fingerprint density at radius 3 is 1.44 bits per heavy atom. The molecule has 0 unspecified atom stereocenters. The molecule has 2 aromatic carbocycles. The molecule has 0 N–H and O–H groups in total. The highest BCUT2D eigenvalue weighted by Gasteiger charge is 2.54. The number of halogens is 4. The van der Waals surface area contributed by atoms with Crippen molar-refractivity contribution in [3.8, 4) is 0 Å². The average Bonchev–Trinajstić information content (AvgIpc) is 3.46. The van der Waals surface area contributed by atoms with E-state index in [1.54, 1.807) is 36.4 Å². The Morgan fingerprint density at radius 1 is 0.688 bits per heavy atom. The second-order valence-corrected chi connectivity index (χ2v) is 10.5. The fraction of sp³-hybridized carbons (Fsp3) is 0.480. The van der Waals surface area contributed by atoms with E-state index in [2.05, 4.69) is 0 Å². The second kappa shape index (κ2) is 10.2. The van der Waals surface area contributed by atoms with E-state index in [9.17, 15) is 4.79 Å². The highest BCUT2D eigenvalue weighted by Crippen LogP contribution is 2.45. The van der Waals surface area contributed by atoms with Crippen molar-refractivity contribution in [2.75, 3.05) is 0 Å². The molecule has 0 atom stereocenters. The van der Waals surface area contributed by atoms with Crippen LogP contribution >= 0.6 is 46.4 Å². The van der Waals surface area contributed by atoms with Crippen LogP contribution in [0, 0.1) is 0 Å². The quantitative estimate of drug-likeness (QED) is 0.355. The fourth-order valence-electron chi connectivity index (χ4n) is 4.92. The van der Waals surface area contributed by atoms with E-state index in [-0.39, 0.29) is 19.0 Å². The van der Waals surface area contributed by atoms with Crippen molar-refractivity contribution in [3.05, 3.63) is 67.6 Å². The van der Waals surface area contributed by atoms with Gasteiger partial charge in [0.1, 0.15) is 11.2 Å². The maximum Gasteiger partial charge on any atom is 0.196 e. The van der Waals surface area contributed by atoms with Gasteiger partial charge in [-0.3, -0.25) is 4.79 Å². The van der Waals surface area contributed by atoms with Gasteiger partial charge in [0.05, 0.1) is 13.2 Å². The van der Waals surface area contributed by atoms with E-state index < -0.39 is 11.2 Å². The molecule has 32 heavy (non-hydrogen) atoms. The number of carbonyl (C=O) groups excluding carboxylic acids is 1. The van der Waals surface area contributed by atoms with Crippen LogP contribution in [-0.4, -0.2) is 17.0 Å². The summed E-state index contributed by atoms with van der Waals surface area (Å²) < 4.78 is 12.8. The monoisotopic (exact) mass is 514 g/mol. The maximum atomic E-state index is 14.1. The number of rotatable bonds is 8. The van der Waals surface area contributed by atoms with E-state index in [1.807, 2.05) is 0 Å². The molecular weight excluding hydrogens is 490 g/mol. The topological polar surface area (TPSA) is 35.5 Å². The highest BCUT2D eigenvalue weighted by molar-refractivity contribution is 6.34. The minimum Gasteiger partial charge on any atom is -0.362 e. The molecule has 3 nitrogen and oxygen atoms in total. The molecule has 0 saturated heterocycles. The summed E-state index contributed by atoms with van der Waals surface area (Å²) in [7, 11) is 0. The van der Waals surface area contributed by atoms with Gasteiger partial charge < -0.3 is 9.47 Å². The van der Waals surface area contributed by atoms with Crippen LogP contribution in [0.25, 0.3) is 0 Å². The van der Waals surface area contributed by atoms with Crippen molar-refractivity contribution < 1.29 is 14.3 Å². The zero-order chi connectivity index (χ0) is 22.8. The highest BCUT2D eigenvalue weighted by atomic mass is 35.5. The summed E-state index contributed by atoms with van der Waals surface area (Å²) >= 11 is 24.9. The molecule has 2 aromatic rings. The first-order chi connectivity index (χ1) is 15.3. The van der Waals surface area contributed by atoms with Gasteiger partial charge in [-0.2, -0.15) is 0 Å². The number of carbonyl (C=O) groups is 1. The summed E-state index contributed by atoms with van der Waals surface area (Å²) in [6.07, 6.45) is 6.55. The second-order valence-electron chi connectivity index (χ2n) is 8.78. The molecule has 0 spiro atoms. The number of Topliss-reactive ketones (excluding diaryl/α,β-unsaturated/α-hetero) is 1. The van der Waals surface area contributed by atoms with Gasteiger partial charge in [0.15, 0.2) is 5.78 Å². The summed E-state index contributed by atoms with van der Waals surface area (Å²) in [5.74, 6) is 0.0521. The number of benzene rings is 2. The lowest BCUT2D eigenvalue weighted by molar-refractivity contribution is -0.173. The molecule has 0 radical (unpaired) electrons. The van der Waals surface area contributed by atoms with Crippen LogP contribution in [0.3, 0.4) is 0 Å². The van der Waals surface area contributed by atoms with Crippen molar-refractivity contribution >= 4 is 52.2 Å². The molecule has 2 fully saturated rings. The Labute approximate surface area is 209 Å². The SMILES string of the molecule is O=C(C1(OCc2cc(Cl)ccc2Cl)CCCC1)C1(OCc2cc(Cl)ccc2Cl)CCCC1. The van der Waals surface area contributed by atoms with Crippen LogP contribution in [0.1, 0.15) is 62.5 Å². The van der Waals surface area contributed by atoms with Gasteiger partial charge in [-0.15, -0.1) is 0 Å². The predicted octanol–water partition coefficient (Wildman–Crippen LogP) is 8.23. The van der Waals surface area contributed by atoms with Crippen LogP contribution in [0.4, 0.5) is 0 Å². The van der Waals surface area contributed by atoms with E-state index >= 15 is 0 Å². The Bertz CT molecular complexity index is 902. The van der Waals surface area contributed by atoms with Gasteiger partial charge in [0, 0.05) is 20.1 Å². The zero-order valence-electron chi connectivity index (χ0n) is 17.8. The van der Waals surface area contributed by atoms with Crippen molar-refractivity contribution in [1.82, 2.24) is 0 Å². The van der Waals surface area contributed by atoms with Gasteiger partial charge >= 0.3 is 0 Å². The Morgan fingerprint density at radius 2 is 1.06 bits per heavy atom. The molecular formula is C25H26Cl4O3. The Kier molecular flexibility index (Phi) is 7.76. The van der Waals surface area contributed by atoms with Crippen molar-refractivity contribution in [2.24, 2.45) is 0 Å². The van der Waals surface area contributed by atoms with Crippen LogP contribution < -0.4 is 0 Å². The smallest absolute Gasteiger partial charge is 0.196 e. The molecule has 2 aliphatic carbocycles. The summed E-state index contributed by atoms with van der Waals surface area (Å²) in [5.41, 5.74) is -0.168. The zero-order valence-corrected chi connectivity index (χ0v) is 20.8. The third kappa shape index (κ3) is 5.14. The minimum absolute atomic E-state index is 0.0521. The van der Waals surface area contributed by atoms with Crippen LogP contribution in [-0.2, 0) is 27.5 Å². The normalized spacial score (nSPS) is 19.4. The Balaban J connectivity index is 1.55. The van der Waals surface area contributed by atoms with Crippen LogP contribution in [0.5, 0.6) is 0 Å². The van der Waals surface area contributed by atoms with E-state index in [0.717, 1.165) is 36.8 Å². The lowest BCUT2D eigenvalue weighted by Crippen LogP contribution is -2.53. The third-order valence-electron chi connectivity index (χ3n) is 6.67. The van der Waals surface area contributed by atoms with Crippen LogP contribution in [0.2, 0.25) is 20.1 Å². The van der Waals surface area contributed by atoms with Crippen molar-refractivity contribution in [3.63, 3.8) is 0 Å². The number of hydrogen-bond donors (Lipinski definition) is 0. The van der Waals surface area contributed by atoms with E-state index in [0.29, 0.717) is 45.8 Å². The van der Waals surface area contributed by atoms with E-state index in [1.165, 1.54) is 0 Å². The van der Waals surface area contributed by atoms with Gasteiger partial charge in [-0.25, -0.2) is 0 Å². The molecule has 2 aliphatic rings. The summed E-state index contributed by atoms with van der Waals surface area (Å²) in [4.78, 5) is 14.1. The average molecular weight is 516 g/mol. The predicted molar refractivity (Wildman–Crippen MR) is 130 cm³/mol.